The number of methoxy groups -OCH3 is 1. The van der Waals surface area contributed by atoms with Crippen LogP contribution in [0, 0.1) is 0 Å². The van der Waals surface area contributed by atoms with Crippen LogP contribution >= 0.6 is 23.2 Å². The number of nitrogens with two attached hydrogens (primary N) is 2. The number of aromatic nitrogens is 3. The Hall–Kier alpha value is -4.27. The lowest BCUT2D eigenvalue weighted by Crippen LogP contribution is -2.34. The first kappa shape index (κ1) is 30.7. The number of nitrogens with one attached hydrogen (secondary N) is 1. The molecule has 4 aromatic rings. The molecule has 1 unspecified atom stereocenters. The molecule has 0 bridgehead atoms. The van der Waals surface area contributed by atoms with Gasteiger partial charge in [0.25, 0.3) is 5.56 Å². The van der Waals surface area contributed by atoms with Gasteiger partial charge in [-0.15, -0.1) is 0 Å². The monoisotopic (exact) mass is 627 g/mol. The molecule has 0 saturated carbocycles. The molecule has 1 amide bonds. The van der Waals surface area contributed by atoms with Crippen molar-refractivity contribution in [2.24, 2.45) is 11.6 Å². The smallest absolute Gasteiger partial charge is 0.333 e. The Kier molecular flexibility index (Phi) is 9.29. The first-order valence-corrected chi connectivity index (χ1v) is 12.8. The third kappa shape index (κ3) is 6.78. The van der Waals surface area contributed by atoms with Gasteiger partial charge in [-0.25, -0.2) is 19.3 Å². The van der Waals surface area contributed by atoms with Gasteiger partial charge in [0, 0.05) is 45.9 Å². The first-order chi connectivity index (χ1) is 19.9. The molecule has 0 fully saturated rings. The number of anilines is 2. The lowest BCUT2D eigenvalue weighted by molar-refractivity contribution is -0.120. The van der Waals surface area contributed by atoms with Crippen LogP contribution in [0.2, 0.25) is 5.02 Å². The number of hydrogen-bond acceptors (Lipinski definition) is 7. The van der Waals surface area contributed by atoms with Crippen LogP contribution in [0.25, 0.3) is 22.0 Å². The average Bonchev–Trinajstić information content (AvgIpc) is 3.35. The van der Waals surface area contributed by atoms with Crippen molar-refractivity contribution in [3.63, 3.8) is 0 Å². The number of carbonyl (C=O) groups excluding carboxylic acids is 1. The van der Waals surface area contributed by atoms with Crippen LogP contribution in [0.15, 0.2) is 71.0 Å². The average molecular weight is 628 g/mol. The second-order valence-corrected chi connectivity index (χ2v) is 9.75. The van der Waals surface area contributed by atoms with Crippen LogP contribution in [0.1, 0.15) is 19.0 Å². The molecule has 4 rings (SSSR count). The highest BCUT2D eigenvalue weighted by Gasteiger charge is 2.28. The normalized spacial score (nSPS) is 12.7. The maximum Gasteiger partial charge on any atom is 0.333 e. The lowest BCUT2D eigenvalue weighted by atomic mass is 10.0. The highest BCUT2D eigenvalue weighted by atomic mass is 35.5. The van der Waals surface area contributed by atoms with Gasteiger partial charge in [0.1, 0.15) is 16.9 Å². The molecule has 42 heavy (non-hydrogen) atoms. The molecule has 0 saturated heterocycles. The second-order valence-electron chi connectivity index (χ2n) is 8.88. The summed E-state index contributed by atoms with van der Waals surface area (Å²) in [5.74, 6) is 5.14. The zero-order valence-electron chi connectivity index (χ0n) is 21.6. The Bertz CT molecular complexity index is 1710. The zero-order chi connectivity index (χ0) is 30.7. The minimum atomic E-state index is -2.97. The van der Waals surface area contributed by atoms with Crippen molar-refractivity contribution in [1.29, 1.82) is 0 Å². The summed E-state index contributed by atoms with van der Waals surface area (Å²) in [6.07, 6.45) is -0.579. The van der Waals surface area contributed by atoms with Gasteiger partial charge in [-0.2, -0.15) is 13.9 Å². The maximum atomic E-state index is 13.6. The Balaban J connectivity index is 1.75. The maximum absolute atomic E-state index is 13.6. The van der Waals surface area contributed by atoms with E-state index in [0.29, 0.717) is 15.9 Å². The number of fused-ring (bicyclic) bond motifs is 1. The molecule has 0 aliphatic carbocycles. The summed E-state index contributed by atoms with van der Waals surface area (Å²) in [5, 5.41) is 7.70. The highest BCUT2D eigenvalue weighted by molar-refractivity contribution is 6.31. The number of nitrogens with zero attached hydrogens (tertiary/aromatic N) is 4. The van der Waals surface area contributed by atoms with Crippen LogP contribution in [-0.2, 0) is 4.79 Å². The van der Waals surface area contributed by atoms with Crippen LogP contribution in [-0.4, -0.2) is 33.8 Å². The third-order valence-corrected chi connectivity index (χ3v) is 6.42. The van der Waals surface area contributed by atoms with Crippen LogP contribution < -0.4 is 32.2 Å². The quantitative estimate of drug-likeness (QED) is 0.0923. The molecule has 0 radical (unpaired) electrons. The minimum absolute atomic E-state index is 0.0299. The summed E-state index contributed by atoms with van der Waals surface area (Å²) in [4.78, 5) is 26.6. The summed E-state index contributed by atoms with van der Waals surface area (Å²) in [6.45, 7) is -2.87. The summed E-state index contributed by atoms with van der Waals surface area (Å²) < 4.78 is 60.0. The molecule has 2 aromatic heterocycles. The van der Waals surface area contributed by atoms with Crippen molar-refractivity contribution in [3.8, 4) is 16.9 Å². The van der Waals surface area contributed by atoms with Crippen molar-refractivity contribution >= 4 is 51.4 Å². The molecule has 0 aliphatic heterocycles. The topological polar surface area (TPSA) is 133 Å². The second kappa shape index (κ2) is 12.7. The van der Waals surface area contributed by atoms with Gasteiger partial charge in [-0.1, -0.05) is 23.2 Å². The standard InChI is InChI=1S/C26H23Cl2F4N7O3/c1-42-21-11-37(24(40)8-17(21)16-7-14(27)2-5-19(16)38(34)12-22(28)33)20(9-23(29)30)25(41)35-15-3-4-18-13(6-15)10-39(36-18)26(31)32/h2-8,10-12,20,23,26H,9,33-34H2,1H3,(H,35,41)/b22-12-. The first-order valence-electron chi connectivity index (χ1n) is 12.0. The number of halogens is 6. The van der Waals surface area contributed by atoms with Gasteiger partial charge in [0.05, 0.1) is 30.7 Å². The molecular formula is C26H23Cl2F4N7O3. The number of amides is 1. The van der Waals surface area contributed by atoms with Gasteiger partial charge in [-0.05, 0) is 36.4 Å². The third-order valence-electron chi connectivity index (χ3n) is 6.08. The number of hydrazine groups is 1. The van der Waals surface area contributed by atoms with Crippen molar-refractivity contribution in [3.05, 3.63) is 81.6 Å². The van der Waals surface area contributed by atoms with E-state index in [2.05, 4.69) is 10.4 Å². The van der Waals surface area contributed by atoms with Crippen LogP contribution in [0.3, 0.4) is 0 Å². The van der Waals surface area contributed by atoms with E-state index < -0.39 is 36.9 Å². The number of pyridine rings is 1. The molecule has 10 nitrogen and oxygen atoms in total. The fourth-order valence-corrected chi connectivity index (χ4v) is 4.54. The lowest BCUT2D eigenvalue weighted by Gasteiger charge is -2.23. The summed E-state index contributed by atoms with van der Waals surface area (Å²) in [6, 6.07) is 8.08. The number of carbonyl (C=O) groups is 1. The van der Waals surface area contributed by atoms with Gasteiger partial charge < -0.3 is 15.8 Å². The number of benzene rings is 2. The van der Waals surface area contributed by atoms with E-state index in [9.17, 15) is 27.2 Å². The van der Waals surface area contributed by atoms with Gasteiger partial charge in [-0.3, -0.25) is 19.2 Å². The van der Waals surface area contributed by atoms with E-state index in [1.165, 1.54) is 49.7 Å². The summed E-state index contributed by atoms with van der Waals surface area (Å²) in [7, 11) is 1.28. The molecule has 5 N–H and O–H groups in total. The van der Waals surface area contributed by atoms with Crippen molar-refractivity contribution in [2.45, 2.75) is 25.4 Å². The van der Waals surface area contributed by atoms with Gasteiger partial charge in [0.15, 0.2) is 0 Å². The predicted molar refractivity (Wildman–Crippen MR) is 152 cm³/mol. The Labute approximate surface area is 245 Å². The summed E-state index contributed by atoms with van der Waals surface area (Å²) in [5.41, 5.74) is 5.86. The molecule has 2 heterocycles. The minimum Gasteiger partial charge on any atom is -0.495 e. The zero-order valence-corrected chi connectivity index (χ0v) is 23.2. The van der Waals surface area contributed by atoms with Crippen molar-refractivity contribution < 1.29 is 27.1 Å². The largest absolute Gasteiger partial charge is 0.495 e. The van der Waals surface area contributed by atoms with E-state index in [0.717, 1.165) is 28.0 Å². The Morgan fingerprint density at radius 3 is 2.52 bits per heavy atom. The van der Waals surface area contributed by atoms with E-state index in [1.54, 1.807) is 0 Å². The molecule has 16 heteroatoms. The molecule has 0 aliphatic rings. The number of hydrogen-bond donors (Lipinski definition) is 3. The molecule has 222 valence electrons. The SMILES string of the molecule is COc1cn(C(CC(F)F)C(=O)Nc2ccc3nn(C(F)F)cc3c2)c(=O)cc1-c1cc(Cl)ccc1N(N)/C=C(\N)Cl. The molecular weight excluding hydrogens is 605 g/mol. The molecule has 2 aromatic carbocycles. The number of ether oxygens (including phenoxy) is 1. The molecule has 0 spiro atoms. The van der Waals surface area contributed by atoms with Gasteiger partial charge >= 0.3 is 6.55 Å². The van der Waals surface area contributed by atoms with E-state index in [-0.39, 0.29) is 38.1 Å². The van der Waals surface area contributed by atoms with E-state index in [4.69, 9.17) is 39.5 Å². The van der Waals surface area contributed by atoms with Crippen molar-refractivity contribution in [2.75, 3.05) is 17.4 Å². The predicted octanol–water partition coefficient (Wildman–Crippen LogP) is 5.43. The van der Waals surface area contributed by atoms with Crippen LogP contribution in [0.4, 0.5) is 28.9 Å². The van der Waals surface area contributed by atoms with E-state index in [1.807, 2.05) is 0 Å². The van der Waals surface area contributed by atoms with Crippen molar-refractivity contribution in [1.82, 2.24) is 14.3 Å². The van der Waals surface area contributed by atoms with Gasteiger partial charge in [0.2, 0.25) is 12.3 Å². The fourth-order valence-electron chi connectivity index (χ4n) is 4.26. The van der Waals surface area contributed by atoms with Crippen LogP contribution in [0.5, 0.6) is 5.75 Å². The fraction of sp³-hybridized carbons (Fsp3) is 0.192. The number of rotatable bonds is 10. The number of alkyl halides is 4. The Morgan fingerprint density at radius 2 is 1.88 bits per heavy atom. The van der Waals surface area contributed by atoms with E-state index >= 15 is 0 Å². The highest BCUT2D eigenvalue weighted by Crippen LogP contribution is 2.38. The Morgan fingerprint density at radius 1 is 1.14 bits per heavy atom. The summed E-state index contributed by atoms with van der Waals surface area (Å²) >= 11 is 11.9. The molecule has 1 atom stereocenters.